The normalized spacial score (nSPS) is 14.0. The molecule has 0 saturated carbocycles. The Morgan fingerprint density at radius 2 is 0.744 bits per heavy atom. The fourth-order valence-corrected chi connectivity index (χ4v) is 10.7. The lowest BCUT2D eigenvalue weighted by Gasteiger charge is -2.27. The van der Waals surface area contributed by atoms with Crippen molar-refractivity contribution in [1.29, 1.82) is 0 Å². The van der Waals surface area contributed by atoms with Crippen LogP contribution in [0.4, 0.5) is 0 Å². The third-order valence-corrected chi connectivity index (χ3v) is 16.4. The maximum absolute atomic E-state index is 13.6. The highest BCUT2D eigenvalue weighted by molar-refractivity contribution is 7.47. The van der Waals surface area contributed by atoms with Crippen molar-refractivity contribution in [3.63, 3.8) is 0 Å². The van der Waals surface area contributed by atoms with E-state index in [0.29, 0.717) is 17.4 Å². The van der Waals surface area contributed by atoms with Crippen LogP contribution in [0.25, 0.3) is 0 Å². The maximum atomic E-state index is 13.6. The van der Waals surface area contributed by atoms with Crippen LogP contribution >= 0.6 is 7.82 Å². The van der Waals surface area contributed by atoms with Gasteiger partial charge in [0.25, 0.3) is 0 Å². The molecule has 0 rings (SSSR count). The first kappa shape index (κ1) is 79.5. The van der Waals surface area contributed by atoms with Gasteiger partial charge in [-0.3, -0.25) is 18.6 Å². The summed E-state index contributed by atoms with van der Waals surface area (Å²) in [5.41, 5.74) is 0. The topological polar surface area (TPSA) is 111 Å². The largest absolute Gasteiger partial charge is 0.472 e. The van der Waals surface area contributed by atoms with Crippen LogP contribution in [0.3, 0.4) is 0 Å². The Kier molecular flexibility index (Phi) is 59.6. The van der Waals surface area contributed by atoms with Gasteiger partial charge in [-0.1, -0.05) is 280 Å². The van der Waals surface area contributed by atoms with Crippen molar-refractivity contribution < 1.29 is 37.3 Å². The Bertz CT molecular complexity index is 1630. The highest BCUT2D eigenvalue weighted by Gasteiger charge is 2.30. The molecule has 478 valence electrons. The molecule has 0 saturated heterocycles. The number of amides is 1. The highest BCUT2D eigenvalue weighted by Crippen LogP contribution is 2.43. The molecule has 0 aromatic carbocycles. The molecule has 3 unspecified atom stereocenters. The number of allylic oxidation sites excluding steroid dienone is 11. The number of rotatable bonds is 63. The monoisotopic (exact) mass is 1170 g/mol. The number of likely N-dealkylation sites (N-methyl/N-ethyl adjacent to an activating group) is 1. The van der Waals surface area contributed by atoms with E-state index in [1.54, 1.807) is 0 Å². The molecule has 0 aromatic heterocycles. The van der Waals surface area contributed by atoms with E-state index in [1.807, 2.05) is 33.3 Å². The second-order valence-corrected chi connectivity index (χ2v) is 26.1. The van der Waals surface area contributed by atoms with Crippen LogP contribution in [-0.2, 0) is 27.9 Å². The molecule has 0 heterocycles. The summed E-state index contributed by atoms with van der Waals surface area (Å²) in [6.45, 7) is 6.99. The third kappa shape index (κ3) is 62.0. The lowest BCUT2D eigenvalue weighted by atomic mass is 10.0. The number of hydrogen-bond acceptors (Lipinski definition) is 6. The summed E-state index contributed by atoms with van der Waals surface area (Å²) in [6, 6.07) is -0.854. The molecule has 0 spiro atoms. The molecule has 0 aliphatic carbocycles. The Morgan fingerprint density at radius 1 is 0.427 bits per heavy atom. The Morgan fingerprint density at radius 3 is 1.13 bits per heavy atom. The summed E-state index contributed by atoms with van der Waals surface area (Å²) in [5, 5.41) is 3.07. The molecule has 0 bridgehead atoms. The molecule has 9 nitrogen and oxygen atoms in total. The van der Waals surface area contributed by atoms with E-state index in [9.17, 15) is 19.0 Å². The van der Waals surface area contributed by atoms with Crippen LogP contribution in [-0.4, -0.2) is 74.3 Å². The van der Waals surface area contributed by atoms with E-state index in [4.69, 9.17) is 13.8 Å². The van der Waals surface area contributed by atoms with Crippen molar-refractivity contribution in [2.24, 2.45) is 0 Å². The van der Waals surface area contributed by atoms with Gasteiger partial charge in [-0.05, 0) is 102 Å². The number of unbranched alkanes of at least 4 members (excludes halogenated alkanes) is 37. The van der Waals surface area contributed by atoms with E-state index in [1.165, 1.54) is 212 Å². The second kappa shape index (κ2) is 61.5. The SMILES string of the molecule is CCCCC/C=C\C/C=C\C/C=C\CCCCCCCCCCCCCCC(=O)OC(/C=C\CCCCCCCCCCCC)C(COP(=O)(O)OCC[N+](C)(C)C)NC(=O)CCCCCCCCCCC/C=C\C/C=C\CCCCC. The molecule has 1 amide bonds. The van der Waals surface area contributed by atoms with Crippen LogP contribution < -0.4 is 5.32 Å². The molecular formula is C72H134N2O7P+. The Hall–Kier alpha value is -2.55. The predicted molar refractivity (Wildman–Crippen MR) is 355 cm³/mol. The van der Waals surface area contributed by atoms with Crippen LogP contribution in [0.1, 0.15) is 323 Å². The van der Waals surface area contributed by atoms with Gasteiger partial charge in [0.1, 0.15) is 19.3 Å². The van der Waals surface area contributed by atoms with E-state index < -0.39 is 20.0 Å². The molecule has 10 heteroatoms. The summed E-state index contributed by atoms with van der Waals surface area (Å²) in [7, 11) is 1.49. The smallest absolute Gasteiger partial charge is 0.456 e. The summed E-state index contributed by atoms with van der Waals surface area (Å²) < 4.78 is 30.8. The molecule has 2 N–H and O–H groups in total. The quantitative estimate of drug-likeness (QED) is 0.0205. The second-order valence-electron chi connectivity index (χ2n) is 24.7. The average molecular weight is 1170 g/mol. The van der Waals surface area contributed by atoms with Gasteiger partial charge in [0.15, 0.2) is 0 Å². The number of phosphoric ester groups is 1. The van der Waals surface area contributed by atoms with Crippen LogP contribution in [0.15, 0.2) is 72.9 Å². The fraction of sp³-hybridized carbons (Fsp3) is 0.806. The fourth-order valence-electron chi connectivity index (χ4n) is 9.98. The molecule has 0 aromatic rings. The van der Waals surface area contributed by atoms with Gasteiger partial charge >= 0.3 is 13.8 Å². The number of nitrogens with zero attached hydrogens (tertiary/aromatic N) is 1. The zero-order valence-corrected chi connectivity index (χ0v) is 55.6. The molecule has 0 aliphatic rings. The van der Waals surface area contributed by atoms with Gasteiger partial charge in [-0.25, -0.2) is 4.57 Å². The lowest BCUT2D eigenvalue weighted by Crippen LogP contribution is -2.47. The first-order chi connectivity index (χ1) is 39.9. The molecule has 3 atom stereocenters. The standard InChI is InChI=1S/C72H133N2O7P/c1-7-10-13-16-19-22-25-28-30-32-34-35-36-37-38-39-41-43-45-47-50-53-56-59-62-65-72(76)81-70(63-60-57-54-51-48-27-24-21-18-15-12-9-3)69(68-80-82(77,78)79-67-66-74(4,5)6)73-71(75)64-61-58-55-52-49-46-44-42-40-33-31-29-26-23-20-17-14-11-8-2/h19-20,22-23,28-31,34-35,60,63,69-70H,7-18,21,24-27,32-33,36-59,61-62,64-68H2,1-6H3,(H-,73,75,77,78)/p+1/b22-19-,23-20-,30-28-,31-29-,35-34-,63-60-. The number of quaternary nitrogens is 1. The number of esters is 1. The van der Waals surface area contributed by atoms with Crippen molar-refractivity contribution in [3.05, 3.63) is 72.9 Å². The van der Waals surface area contributed by atoms with Gasteiger partial charge in [-0.2, -0.15) is 0 Å². The minimum Gasteiger partial charge on any atom is -0.456 e. The summed E-state index contributed by atoms with van der Waals surface area (Å²) in [4.78, 5) is 37.9. The summed E-state index contributed by atoms with van der Waals surface area (Å²) in [5.74, 6) is -0.504. The van der Waals surface area contributed by atoms with Crippen molar-refractivity contribution in [3.8, 4) is 0 Å². The number of hydrogen-bond donors (Lipinski definition) is 2. The maximum Gasteiger partial charge on any atom is 0.472 e. The first-order valence-electron chi connectivity index (χ1n) is 34.8. The lowest BCUT2D eigenvalue weighted by molar-refractivity contribution is -0.870. The number of carbonyl (C=O) groups is 2. The van der Waals surface area contributed by atoms with Crippen molar-refractivity contribution in [2.75, 3.05) is 40.9 Å². The zero-order valence-electron chi connectivity index (χ0n) is 54.7. The van der Waals surface area contributed by atoms with Gasteiger partial charge in [0, 0.05) is 12.8 Å². The minimum atomic E-state index is -4.46. The van der Waals surface area contributed by atoms with E-state index in [2.05, 4.69) is 86.8 Å². The summed E-state index contributed by atoms with van der Waals surface area (Å²) in [6.07, 6.45) is 80.4. The van der Waals surface area contributed by atoms with Crippen molar-refractivity contribution in [1.82, 2.24) is 5.32 Å². The zero-order chi connectivity index (χ0) is 60.0. The van der Waals surface area contributed by atoms with Crippen molar-refractivity contribution >= 4 is 19.7 Å². The number of ether oxygens (including phenoxy) is 1. The van der Waals surface area contributed by atoms with E-state index >= 15 is 0 Å². The van der Waals surface area contributed by atoms with Gasteiger partial charge in [-0.15, -0.1) is 0 Å². The van der Waals surface area contributed by atoms with Crippen molar-refractivity contribution in [2.45, 2.75) is 335 Å². The highest BCUT2D eigenvalue weighted by atomic mass is 31.2. The third-order valence-electron chi connectivity index (χ3n) is 15.4. The molecule has 0 fully saturated rings. The van der Waals surface area contributed by atoms with Crippen LogP contribution in [0.5, 0.6) is 0 Å². The predicted octanol–water partition coefficient (Wildman–Crippen LogP) is 22.0. The molecule has 0 radical (unpaired) electrons. The Balaban J connectivity index is 5.09. The molecule has 0 aliphatic heterocycles. The number of phosphoric acid groups is 1. The van der Waals surface area contributed by atoms with Gasteiger partial charge in [0.2, 0.25) is 5.91 Å². The molecule has 82 heavy (non-hydrogen) atoms. The van der Waals surface area contributed by atoms with E-state index in [-0.39, 0.29) is 31.5 Å². The van der Waals surface area contributed by atoms with Crippen LogP contribution in [0.2, 0.25) is 0 Å². The first-order valence-corrected chi connectivity index (χ1v) is 36.3. The minimum absolute atomic E-state index is 0.0379. The Labute approximate surface area is 508 Å². The average Bonchev–Trinajstić information content (AvgIpc) is 3.44. The molecular weight excluding hydrogens is 1040 g/mol. The number of carbonyl (C=O) groups excluding carboxylic acids is 2. The van der Waals surface area contributed by atoms with Gasteiger partial charge < -0.3 is 19.4 Å². The van der Waals surface area contributed by atoms with Crippen LogP contribution in [0, 0.1) is 0 Å². The van der Waals surface area contributed by atoms with Gasteiger partial charge in [0.05, 0.1) is 33.8 Å². The summed E-state index contributed by atoms with van der Waals surface area (Å²) >= 11 is 0. The number of nitrogens with one attached hydrogen (secondary N) is 1. The van der Waals surface area contributed by atoms with E-state index in [0.717, 1.165) is 77.0 Å².